The van der Waals surface area contributed by atoms with Crippen molar-refractivity contribution in [2.75, 3.05) is 11.9 Å². The van der Waals surface area contributed by atoms with Crippen molar-refractivity contribution < 1.29 is 19.6 Å². The number of hydrogen-bond donors (Lipinski definition) is 3. The highest BCUT2D eigenvalue weighted by Crippen LogP contribution is 2.27. The van der Waals surface area contributed by atoms with Crippen molar-refractivity contribution in [2.45, 2.75) is 13.8 Å². The van der Waals surface area contributed by atoms with Gasteiger partial charge < -0.3 is 16.2 Å². The number of nitrogens with two attached hydrogens (primary N) is 1. The zero-order valence-electron chi connectivity index (χ0n) is 11.0. The third-order valence-corrected chi connectivity index (χ3v) is 2.78. The number of carbonyl (C=O) groups is 2. The van der Waals surface area contributed by atoms with Crippen molar-refractivity contribution in [1.82, 2.24) is 0 Å². The first-order valence-corrected chi connectivity index (χ1v) is 5.70. The number of carboxylic acids is 1. The molecule has 0 aromatic heterocycles. The summed E-state index contributed by atoms with van der Waals surface area (Å²) < 4.78 is 0. The van der Waals surface area contributed by atoms with E-state index >= 15 is 0 Å². The van der Waals surface area contributed by atoms with Crippen LogP contribution in [-0.4, -0.2) is 28.5 Å². The van der Waals surface area contributed by atoms with E-state index in [0.29, 0.717) is 0 Å². The minimum atomic E-state index is -1.11. The van der Waals surface area contributed by atoms with Crippen molar-refractivity contribution >= 4 is 23.3 Å². The molecule has 0 bridgehead atoms. The van der Waals surface area contributed by atoms with Crippen molar-refractivity contribution in [3.63, 3.8) is 0 Å². The van der Waals surface area contributed by atoms with Gasteiger partial charge in [-0.3, -0.25) is 19.7 Å². The van der Waals surface area contributed by atoms with E-state index in [4.69, 9.17) is 10.8 Å². The summed E-state index contributed by atoms with van der Waals surface area (Å²) in [5.41, 5.74) is 3.90. The molecule has 8 nitrogen and oxygen atoms in total. The van der Waals surface area contributed by atoms with E-state index in [1.165, 1.54) is 26.0 Å². The van der Waals surface area contributed by atoms with Crippen molar-refractivity contribution in [1.29, 1.82) is 0 Å². The second-order valence-electron chi connectivity index (χ2n) is 4.90. The van der Waals surface area contributed by atoms with Crippen molar-refractivity contribution in [3.8, 4) is 0 Å². The van der Waals surface area contributed by atoms with Gasteiger partial charge in [-0.05, 0) is 26.0 Å². The van der Waals surface area contributed by atoms with Gasteiger partial charge in [0.1, 0.15) is 5.69 Å². The smallest absolute Gasteiger partial charge is 0.310 e. The second kappa shape index (κ2) is 5.55. The van der Waals surface area contributed by atoms with Crippen LogP contribution >= 0.6 is 0 Å². The lowest BCUT2D eigenvalue weighted by molar-refractivity contribution is -0.384. The molecule has 8 heteroatoms. The molecular formula is C12H15N3O5. The highest BCUT2D eigenvalue weighted by atomic mass is 16.6. The van der Waals surface area contributed by atoms with E-state index in [1.54, 1.807) is 0 Å². The molecule has 0 spiro atoms. The summed E-state index contributed by atoms with van der Waals surface area (Å²) in [6, 6.07) is 3.63. The van der Waals surface area contributed by atoms with Crippen LogP contribution in [0.5, 0.6) is 0 Å². The van der Waals surface area contributed by atoms with Crippen LogP contribution < -0.4 is 11.1 Å². The Morgan fingerprint density at radius 1 is 1.45 bits per heavy atom. The molecule has 0 atom stereocenters. The lowest BCUT2D eigenvalue weighted by Crippen LogP contribution is -2.32. The van der Waals surface area contributed by atoms with Crippen LogP contribution in [0.15, 0.2) is 18.2 Å². The molecular weight excluding hydrogens is 266 g/mol. The van der Waals surface area contributed by atoms with Gasteiger partial charge in [-0.25, -0.2) is 0 Å². The van der Waals surface area contributed by atoms with Gasteiger partial charge in [-0.1, -0.05) is 0 Å². The molecule has 0 unspecified atom stereocenters. The van der Waals surface area contributed by atoms with E-state index in [0.717, 1.165) is 6.07 Å². The summed E-state index contributed by atoms with van der Waals surface area (Å²) in [7, 11) is 0. The summed E-state index contributed by atoms with van der Waals surface area (Å²) in [4.78, 5) is 32.3. The largest absolute Gasteiger partial charge is 0.481 e. The van der Waals surface area contributed by atoms with Gasteiger partial charge in [-0.15, -0.1) is 0 Å². The number of nitro groups is 1. The third-order valence-electron chi connectivity index (χ3n) is 2.78. The molecule has 0 aliphatic rings. The number of anilines is 1. The van der Waals surface area contributed by atoms with E-state index in [2.05, 4.69) is 5.32 Å². The number of nitrogens with one attached hydrogen (secondary N) is 1. The zero-order valence-corrected chi connectivity index (χ0v) is 11.0. The molecule has 0 saturated heterocycles. The topological polar surface area (TPSA) is 136 Å². The van der Waals surface area contributed by atoms with Gasteiger partial charge in [0.05, 0.1) is 10.3 Å². The average molecular weight is 281 g/mol. The minimum absolute atomic E-state index is 0.0363. The SMILES string of the molecule is CC(C)(CNc1cc(C(N)=O)ccc1[N+](=O)[O-])C(=O)O. The fourth-order valence-electron chi connectivity index (χ4n) is 1.38. The number of nitro benzene ring substituents is 1. The molecule has 4 N–H and O–H groups in total. The van der Waals surface area contributed by atoms with Gasteiger partial charge >= 0.3 is 5.97 Å². The Hall–Kier alpha value is -2.64. The fourth-order valence-corrected chi connectivity index (χ4v) is 1.38. The standard InChI is InChI=1S/C12H15N3O5/c1-12(2,11(17)18)6-14-8-5-7(10(13)16)3-4-9(8)15(19)20/h3-5,14H,6H2,1-2H3,(H2,13,16)(H,17,18). The van der Waals surface area contributed by atoms with E-state index < -0.39 is 22.2 Å². The normalized spacial score (nSPS) is 10.9. The predicted octanol–water partition coefficient (Wildman–Crippen LogP) is 1.22. The molecule has 20 heavy (non-hydrogen) atoms. The Morgan fingerprint density at radius 3 is 2.50 bits per heavy atom. The molecule has 1 amide bonds. The molecule has 1 rings (SSSR count). The van der Waals surface area contributed by atoms with Crippen molar-refractivity contribution in [3.05, 3.63) is 33.9 Å². The number of carboxylic acid groups (broad SMARTS) is 1. The van der Waals surface area contributed by atoms with Crippen LogP contribution in [0.25, 0.3) is 0 Å². The molecule has 0 saturated carbocycles. The Labute approximate surface area is 114 Å². The Balaban J connectivity index is 3.08. The number of carbonyl (C=O) groups excluding carboxylic acids is 1. The molecule has 0 fully saturated rings. The van der Waals surface area contributed by atoms with Crippen LogP contribution in [0.3, 0.4) is 0 Å². The summed E-state index contributed by atoms with van der Waals surface area (Å²) in [5.74, 6) is -1.76. The average Bonchev–Trinajstić information content (AvgIpc) is 2.35. The molecule has 0 heterocycles. The van der Waals surface area contributed by atoms with E-state index in [9.17, 15) is 19.7 Å². The number of nitrogens with zero attached hydrogens (tertiary/aromatic N) is 1. The monoisotopic (exact) mass is 281 g/mol. The highest BCUT2D eigenvalue weighted by molar-refractivity contribution is 5.94. The number of primary amides is 1. The zero-order chi connectivity index (χ0) is 15.5. The van der Waals surface area contributed by atoms with Gasteiger partial charge in [0.15, 0.2) is 0 Å². The third kappa shape index (κ3) is 3.44. The highest BCUT2D eigenvalue weighted by Gasteiger charge is 2.28. The first-order chi connectivity index (χ1) is 9.15. The van der Waals surface area contributed by atoms with Gasteiger partial charge in [0.2, 0.25) is 5.91 Å². The van der Waals surface area contributed by atoms with Crippen molar-refractivity contribution in [2.24, 2.45) is 11.1 Å². The number of hydrogen-bond acceptors (Lipinski definition) is 5. The Morgan fingerprint density at radius 2 is 2.05 bits per heavy atom. The first kappa shape index (κ1) is 15.4. The summed E-state index contributed by atoms with van der Waals surface area (Å²) in [5, 5.41) is 22.6. The number of aliphatic carboxylic acids is 1. The Bertz CT molecular complexity index is 568. The number of benzene rings is 1. The van der Waals surface area contributed by atoms with Crippen LogP contribution in [0.4, 0.5) is 11.4 Å². The summed E-state index contributed by atoms with van der Waals surface area (Å²) in [6.45, 7) is 2.92. The molecule has 0 aliphatic heterocycles. The lowest BCUT2D eigenvalue weighted by atomic mass is 9.94. The number of amides is 1. The Kier molecular flexibility index (Phi) is 4.28. The quantitative estimate of drug-likeness (QED) is 0.529. The van der Waals surface area contributed by atoms with Gasteiger partial charge in [-0.2, -0.15) is 0 Å². The van der Waals surface area contributed by atoms with E-state index in [-0.39, 0.29) is 23.5 Å². The van der Waals surface area contributed by atoms with Crippen LogP contribution in [0.2, 0.25) is 0 Å². The molecule has 1 aromatic rings. The minimum Gasteiger partial charge on any atom is -0.481 e. The lowest BCUT2D eigenvalue weighted by Gasteiger charge is -2.20. The predicted molar refractivity (Wildman–Crippen MR) is 71.5 cm³/mol. The molecule has 0 aliphatic carbocycles. The van der Waals surface area contributed by atoms with Gasteiger partial charge in [0, 0.05) is 18.2 Å². The maximum Gasteiger partial charge on any atom is 0.310 e. The summed E-state index contributed by atoms with van der Waals surface area (Å²) in [6.07, 6.45) is 0. The fraction of sp³-hybridized carbons (Fsp3) is 0.333. The summed E-state index contributed by atoms with van der Waals surface area (Å²) >= 11 is 0. The van der Waals surface area contributed by atoms with E-state index in [1.807, 2.05) is 0 Å². The maximum absolute atomic E-state index is 11.1. The molecule has 108 valence electrons. The molecule has 1 aromatic carbocycles. The maximum atomic E-state index is 11.1. The second-order valence-corrected chi connectivity index (χ2v) is 4.90. The first-order valence-electron chi connectivity index (χ1n) is 5.70. The van der Waals surface area contributed by atoms with Crippen LogP contribution in [0.1, 0.15) is 24.2 Å². The number of rotatable bonds is 6. The van der Waals surface area contributed by atoms with Crippen LogP contribution in [0, 0.1) is 15.5 Å². The van der Waals surface area contributed by atoms with Gasteiger partial charge in [0.25, 0.3) is 5.69 Å². The molecule has 0 radical (unpaired) electrons. The van der Waals surface area contributed by atoms with Crippen LogP contribution in [-0.2, 0) is 4.79 Å².